The fourth-order valence-electron chi connectivity index (χ4n) is 2.44. The van der Waals surface area contributed by atoms with Gasteiger partial charge in [-0.2, -0.15) is 0 Å². The number of benzene rings is 3. The summed E-state index contributed by atoms with van der Waals surface area (Å²) in [5.74, 6) is 0.182. The van der Waals surface area contributed by atoms with Crippen molar-refractivity contribution in [3.8, 4) is 33.8 Å². The molecule has 0 aromatic heterocycles. The zero-order valence-corrected chi connectivity index (χ0v) is 11.7. The van der Waals surface area contributed by atoms with Crippen molar-refractivity contribution < 1.29 is 10.2 Å². The fraction of sp³-hybridized carbons (Fsp3) is 0.0526. The molecule has 2 nitrogen and oxygen atoms in total. The molecule has 0 saturated carbocycles. The van der Waals surface area contributed by atoms with Gasteiger partial charge in [-0.05, 0) is 30.2 Å². The summed E-state index contributed by atoms with van der Waals surface area (Å²) >= 11 is 0. The van der Waals surface area contributed by atoms with E-state index >= 15 is 0 Å². The van der Waals surface area contributed by atoms with Gasteiger partial charge in [-0.15, -0.1) is 0 Å². The highest BCUT2D eigenvalue weighted by atomic mass is 16.3. The second-order valence-electron chi connectivity index (χ2n) is 5.09. The number of aromatic hydroxyl groups is 2. The maximum Gasteiger partial charge on any atom is 0.134 e. The summed E-state index contributed by atoms with van der Waals surface area (Å²) in [6.07, 6.45) is 0. The first-order valence-corrected chi connectivity index (χ1v) is 6.84. The van der Waals surface area contributed by atoms with Crippen LogP contribution in [0.1, 0.15) is 5.56 Å². The zero-order chi connectivity index (χ0) is 14.8. The Morgan fingerprint density at radius 3 is 2.00 bits per heavy atom. The number of aryl methyl sites for hydroxylation is 1. The SMILES string of the molecule is Cc1ccc(-c2c(O)ccc(-c3ccccc3)c2O)cc1. The van der Waals surface area contributed by atoms with Crippen LogP contribution in [0.5, 0.6) is 11.5 Å². The Bertz CT molecular complexity index is 760. The highest BCUT2D eigenvalue weighted by Gasteiger charge is 2.15. The topological polar surface area (TPSA) is 40.5 Å². The van der Waals surface area contributed by atoms with Gasteiger partial charge in [0, 0.05) is 5.56 Å². The molecule has 0 unspecified atom stereocenters. The summed E-state index contributed by atoms with van der Waals surface area (Å²) in [7, 11) is 0. The van der Waals surface area contributed by atoms with Gasteiger partial charge in [-0.25, -0.2) is 0 Å². The predicted octanol–water partition coefficient (Wildman–Crippen LogP) is 4.74. The van der Waals surface area contributed by atoms with Gasteiger partial charge in [-0.1, -0.05) is 60.2 Å². The molecule has 2 heteroatoms. The fourth-order valence-corrected chi connectivity index (χ4v) is 2.44. The van der Waals surface area contributed by atoms with Gasteiger partial charge in [0.2, 0.25) is 0 Å². The van der Waals surface area contributed by atoms with Gasteiger partial charge >= 0.3 is 0 Å². The largest absolute Gasteiger partial charge is 0.507 e. The Labute approximate surface area is 123 Å². The van der Waals surface area contributed by atoms with Crippen LogP contribution in [0.2, 0.25) is 0 Å². The van der Waals surface area contributed by atoms with Crippen molar-refractivity contribution in [2.24, 2.45) is 0 Å². The van der Waals surface area contributed by atoms with Gasteiger partial charge in [0.1, 0.15) is 11.5 Å². The molecule has 0 aliphatic rings. The van der Waals surface area contributed by atoms with Crippen molar-refractivity contribution in [3.05, 3.63) is 72.3 Å². The molecule has 0 spiro atoms. The number of rotatable bonds is 2. The number of hydrogen-bond acceptors (Lipinski definition) is 2. The van der Waals surface area contributed by atoms with Crippen LogP contribution in [0, 0.1) is 6.92 Å². The van der Waals surface area contributed by atoms with E-state index in [-0.39, 0.29) is 11.5 Å². The normalized spacial score (nSPS) is 10.5. The molecular formula is C19H16O2. The average Bonchev–Trinajstić information content (AvgIpc) is 2.50. The first-order chi connectivity index (χ1) is 10.2. The minimum atomic E-state index is 0.0797. The second-order valence-corrected chi connectivity index (χ2v) is 5.09. The van der Waals surface area contributed by atoms with E-state index in [0.29, 0.717) is 11.1 Å². The standard InChI is InChI=1S/C19H16O2/c1-13-7-9-15(10-8-13)18-17(20)12-11-16(19(18)21)14-5-3-2-4-6-14/h2-12,20-21H,1H3. The van der Waals surface area contributed by atoms with Gasteiger partial charge in [0.05, 0.1) is 5.56 Å². The van der Waals surface area contributed by atoms with Gasteiger partial charge in [0.25, 0.3) is 0 Å². The number of phenols is 2. The first-order valence-electron chi connectivity index (χ1n) is 6.84. The third-order valence-corrected chi connectivity index (χ3v) is 3.58. The average molecular weight is 276 g/mol. The Morgan fingerprint density at radius 1 is 0.667 bits per heavy atom. The van der Waals surface area contributed by atoms with Crippen LogP contribution >= 0.6 is 0 Å². The summed E-state index contributed by atoms with van der Waals surface area (Å²) in [4.78, 5) is 0. The second kappa shape index (κ2) is 5.33. The Kier molecular flexibility index (Phi) is 3.36. The molecule has 0 fully saturated rings. The molecule has 3 rings (SSSR count). The van der Waals surface area contributed by atoms with Gasteiger partial charge in [0.15, 0.2) is 0 Å². The number of phenolic OH excluding ortho intramolecular Hbond substituents is 2. The van der Waals surface area contributed by atoms with E-state index in [1.165, 1.54) is 0 Å². The molecule has 0 aliphatic heterocycles. The predicted molar refractivity (Wildman–Crippen MR) is 85.4 cm³/mol. The lowest BCUT2D eigenvalue weighted by Gasteiger charge is -2.12. The zero-order valence-electron chi connectivity index (χ0n) is 11.7. The Morgan fingerprint density at radius 2 is 1.33 bits per heavy atom. The van der Waals surface area contributed by atoms with Crippen LogP contribution in [0.25, 0.3) is 22.3 Å². The first kappa shape index (κ1) is 13.3. The van der Waals surface area contributed by atoms with Crippen LogP contribution in [0.4, 0.5) is 0 Å². The van der Waals surface area contributed by atoms with E-state index in [2.05, 4.69) is 0 Å². The van der Waals surface area contributed by atoms with E-state index in [0.717, 1.165) is 16.7 Å². The molecule has 2 N–H and O–H groups in total. The van der Waals surface area contributed by atoms with Crippen molar-refractivity contribution in [2.75, 3.05) is 0 Å². The van der Waals surface area contributed by atoms with Crippen molar-refractivity contribution in [1.29, 1.82) is 0 Å². The summed E-state index contributed by atoms with van der Waals surface area (Å²) in [6.45, 7) is 2.00. The van der Waals surface area contributed by atoms with Crippen molar-refractivity contribution in [2.45, 2.75) is 6.92 Å². The Hall–Kier alpha value is -2.74. The monoisotopic (exact) mass is 276 g/mol. The summed E-state index contributed by atoms with van der Waals surface area (Å²) < 4.78 is 0. The van der Waals surface area contributed by atoms with Gasteiger partial charge < -0.3 is 10.2 Å². The molecule has 0 radical (unpaired) electrons. The molecule has 3 aromatic rings. The van der Waals surface area contributed by atoms with Crippen LogP contribution < -0.4 is 0 Å². The van der Waals surface area contributed by atoms with Gasteiger partial charge in [-0.3, -0.25) is 0 Å². The van der Waals surface area contributed by atoms with E-state index in [1.54, 1.807) is 12.1 Å². The van der Waals surface area contributed by atoms with Crippen LogP contribution in [0.15, 0.2) is 66.7 Å². The van der Waals surface area contributed by atoms with E-state index in [1.807, 2.05) is 61.5 Å². The smallest absolute Gasteiger partial charge is 0.134 e. The molecule has 21 heavy (non-hydrogen) atoms. The molecule has 0 bridgehead atoms. The molecule has 0 saturated heterocycles. The van der Waals surface area contributed by atoms with E-state index in [4.69, 9.17) is 0 Å². The molecule has 104 valence electrons. The maximum absolute atomic E-state index is 10.6. The molecule has 0 heterocycles. The highest BCUT2D eigenvalue weighted by molar-refractivity contribution is 5.85. The molecular weight excluding hydrogens is 260 g/mol. The lowest BCUT2D eigenvalue weighted by Crippen LogP contribution is -1.86. The highest BCUT2D eigenvalue weighted by Crippen LogP contribution is 2.43. The number of hydrogen-bond donors (Lipinski definition) is 2. The third kappa shape index (κ3) is 2.48. The summed E-state index contributed by atoms with van der Waals surface area (Å²) in [6, 6.07) is 20.7. The summed E-state index contributed by atoms with van der Waals surface area (Å²) in [5.41, 5.74) is 4.04. The van der Waals surface area contributed by atoms with Crippen LogP contribution in [-0.4, -0.2) is 10.2 Å². The third-order valence-electron chi connectivity index (χ3n) is 3.58. The van der Waals surface area contributed by atoms with Crippen molar-refractivity contribution in [1.82, 2.24) is 0 Å². The quantitative estimate of drug-likeness (QED) is 0.709. The molecule has 0 aliphatic carbocycles. The van der Waals surface area contributed by atoms with Crippen molar-refractivity contribution >= 4 is 0 Å². The summed E-state index contributed by atoms with van der Waals surface area (Å²) in [5, 5.41) is 20.7. The van der Waals surface area contributed by atoms with Crippen molar-refractivity contribution in [3.63, 3.8) is 0 Å². The van der Waals surface area contributed by atoms with E-state index in [9.17, 15) is 10.2 Å². The minimum Gasteiger partial charge on any atom is -0.507 e. The lowest BCUT2D eigenvalue weighted by atomic mass is 9.96. The lowest BCUT2D eigenvalue weighted by molar-refractivity contribution is 0.455. The van der Waals surface area contributed by atoms with E-state index < -0.39 is 0 Å². The molecule has 0 atom stereocenters. The van der Waals surface area contributed by atoms with Crippen LogP contribution in [-0.2, 0) is 0 Å². The molecule has 0 amide bonds. The molecule has 3 aromatic carbocycles. The van der Waals surface area contributed by atoms with Crippen LogP contribution in [0.3, 0.4) is 0 Å². The maximum atomic E-state index is 10.6. The minimum absolute atomic E-state index is 0.0797. The Balaban J connectivity index is 2.19.